The number of aliphatic hydroxyl groups is 1. The summed E-state index contributed by atoms with van der Waals surface area (Å²) in [5.41, 5.74) is 1.19. The van der Waals surface area contributed by atoms with Gasteiger partial charge in [0.15, 0.2) is 6.10 Å². The van der Waals surface area contributed by atoms with Crippen molar-refractivity contribution in [2.75, 3.05) is 0 Å². The minimum Gasteiger partial charge on any atom is -0.479 e. The van der Waals surface area contributed by atoms with E-state index in [1.807, 2.05) is 0 Å². The Kier molecular flexibility index (Phi) is 3.91. The molecule has 0 aliphatic carbocycles. The van der Waals surface area contributed by atoms with E-state index in [1.54, 1.807) is 19.1 Å². The summed E-state index contributed by atoms with van der Waals surface area (Å²) in [4.78, 5) is 10.6. The minimum absolute atomic E-state index is 0.435. The molecule has 1 aromatic rings. The van der Waals surface area contributed by atoms with Gasteiger partial charge in [0.05, 0.1) is 0 Å². The van der Waals surface area contributed by atoms with Crippen molar-refractivity contribution >= 4 is 44.5 Å². The lowest BCUT2D eigenvalue weighted by molar-refractivity contribution is -0.147. The molecule has 0 radical (unpaired) electrons. The Labute approximate surface area is 103 Å². The lowest BCUT2D eigenvalue weighted by Crippen LogP contribution is -2.12. The Hall–Kier alpha value is -0.140. The summed E-state index contributed by atoms with van der Waals surface area (Å²) in [5.74, 6) is -1.23. The Morgan fingerprint density at radius 3 is 2.64 bits per heavy atom. The third-order valence-corrected chi connectivity index (χ3v) is 4.13. The fourth-order valence-corrected chi connectivity index (χ4v) is 2.04. The average molecular weight is 371 g/mol. The number of aliphatic carboxylic acids is 1. The molecule has 0 heterocycles. The Morgan fingerprint density at radius 2 is 2.14 bits per heavy atom. The zero-order valence-electron chi connectivity index (χ0n) is 7.29. The van der Waals surface area contributed by atoms with Gasteiger partial charge in [-0.15, -0.1) is 0 Å². The van der Waals surface area contributed by atoms with Crippen LogP contribution in [0.5, 0.6) is 0 Å². The SMILES string of the molecule is Cc1cc(Br)c(I)cc1C(O)C(=O)O. The molecule has 0 bridgehead atoms. The molecule has 3 nitrogen and oxygen atoms in total. The van der Waals surface area contributed by atoms with Crippen LogP contribution in [0.4, 0.5) is 0 Å². The van der Waals surface area contributed by atoms with Crippen LogP contribution in [-0.2, 0) is 4.79 Å². The molecule has 0 saturated heterocycles. The summed E-state index contributed by atoms with van der Waals surface area (Å²) < 4.78 is 1.78. The number of benzene rings is 1. The number of halogens is 2. The highest BCUT2D eigenvalue weighted by Crippen LogP contribution is 2.27. The van der Waals surface area contributed by atoms with Crippen LogP contribution < -0.4 is 0 Å². The van der Waals surface area contributed by atoms with Crippen LogP contribution in [0.2, 0.25) is 0 Å². The van der Waals surface area contributed by atoms with Gasteiger partial charge in [-0.1, -0.05) is 0 Å². The standard InChI is InChI=1S/C9H8BrIO3/c1-4-2-6(10)7(11)3-5(4)8(12)9(13)14/h2-3,8,12H,1H3,(H,13,14). The van der Waals surface area contributed by atoms with Gasteiger partial charge in [0.25, 0.3) is 0 Å². The monoisotopic (exact) mass is 370 g/mol. The van der Waals surface area contributed by atoms with Gasteiger partial charge in [0.2, 0.25) is 0 Å². The lowest BCUT2D eigenvalue weighted by Gasteiger charge is -2.10. The van der Waals surface area contributed by atoms with E-state index in [0.717, 1.165) is 13.6 Å². The predicted molar refractivity (Wildman–Crippen MR) is 64.2 cm³/mol. The molecule has 1 rings (SSSR count). The Balaban J connectivity index is 3.22. The van der Waals surface area contributed by atoms with Crippen molar-refractivity contribution in [3.05, 3.63) is 31.3 Å². The highest BCUT2D eigenvalue weighted by atomic mass is 127. The number of carboxylic acids is 1. The van der Waals surface area contributed by atoms with Crippen molar-refractivity contribution in [2.24, 2.45) is 0 Å². The molecule has 0 aromatic heterocycles. The van der Waals surface area contributed by atoms with E-state index in [4.69, 9.17) is 5.11 Å². The lowest BCUT2D eigenvalue weighted by atomic mass is 10.0. The van der Waals surface area contributed by atoms with Crippen molar-refractivity contribution < 1.29 is 15.0 Å². The molecule has 0 aliphatic rings. The second-order valence-corrected chi connectivity index (χ2v) is 4.88. The van der Waals surface area contributed by atoms with Gasteiger partial charge in [0.1, 0.15) is 0 Å². The quantitative estimate of drug-likeness (QED) is 0.786. The fraction of sp³-hybridized carbons (Fsp3) is 0.222. The number of carboxylic acid groups (broad SMARTS) is 1. The Bertz CT molecular complexity index is 379. The molecule has 0 spiro atoms. The topological polar surface area (TPSA) is 57.5 Å². The van der Waals surface area contributed by atoms with Crippen LogP contribution in [0.25, 0.3) is 0 Å². The highest BCUT2D eigenvalue weighted by Gasteiger charge is 2.18. The number of carbonyl (C=O) groups is 1. The van der Waals surface area contributed by atoms with Crippen molar-refractivity contribution in [2.45, 2.75) is 13.0 Å². The third kappa shape index (κ3) is 2.46. The molecular weight excluding hydrogens is 363 g/mol. The molecular formula is C9H8BrIO3. The summed E-state index contributed by atoms with van der Waals surface area (Å²) in [5, 5.41) is 18.0. The van der Waals surface area contributed by atoms with Crippen LogP contribution in [0, 0.1) is 10.5 Å². The van der Waals surface area contributed by atoms with Gasteiger partial charge in [-0.05, 0) is 68.7 Å². The zero-order chi connectivity index (χ0) is 10.9. The normalized spacial score (nSPS) is 12.6. The van der Waals surface area contributed by atoms with E-state index >= 15 is 0 Å². The first-order valence-corrected chi connectivity index (χ1v) is 5.67. The van der Waals surface area contributed by atoms with Gasteiger partial charge in [-0.25, -0.2) is 4.79 Å². The van der Waals surface area contributed by atoms with E-state index in [0.29, 0.717) is 5.56 Å². The van der Waals surface area contributed by atoms with Gasteiger partial charge >= 0.3 is 5.97 Å². The van der Waals surface area contributed by atoms with Crippen LogP contribution in [-0.4, -0.2) is 16.2 Å². The van der Waals surface area contributed by atoms with E-state index in [2.05, 4.69) is 38.5 Å². The van der Waals surface area contributed by atoms with Crippen LogP contribution in [0.3, 0.4) is 0 Å². The van der Waals surface area contributed by atoms with Crippen molar-refractivity contribution in [3.63, 3.8) is 0 Å². The van der Waals surface area contributed by atoms with E-state index < -0.39 is 12.1 Å². The summed E-state index contributed by atoms with van der Waals surface area (Å²) in [6.45, 7) is 1.77. The second-order valence-electron chi connectivity index (χ2n) is 2.86. The van der Waals surface area contributed by atoms with Crippen LogP contribution in [0.1, 0.15) is 17.2 Å². The number of hydrogen-bond acceptors (Lipinski definition) is 2. The number of hydrogen-bond donors (Lipinski definition) is 2. The summed E-state index contributed by atoms with van der Waals surface area (Å²) in [6.07, 6.45) is -1.45. The summed E-state index contributed by atoms with van der Waals surface area (Å²) in [7, 11) is 0. The smallest absolute Gasteiger partial charge is 0.337 e. The van der Waals surface area contributed by atoms with E-state index in [1.165, 1.54) is 0 Å². The van der Waals surface area contributed by atoms with Gasteiger partial charge < -0.3 is 10.2 Å². The molecule has 2 N–H and O–H groups in total. The highest BCUT2D eigenvalue weighted by molar-refractivity contribution is 14.1. The molecule has 0 saturated carbocycles. The molecule has 5 heteroatoms. The van der Waals surface area contributed by atoms with Gasteiger partial charge in [0, 0.05) is 8.04 Å². The van der Waals surface area contributed by atoms with Crippen molar-refractivity contribution in [1.29, 1.82) is 0 Å². The van der Waals surface area contributed by atoms with E-state index in [9.17, 15) is 9.90 Å². The number of aryl methyl sites for hydroxylation is 1. The van der Waals surface area contributed by atoms with Crippen molar-refractivity contribution in [1.82, 2.24) is 0 Å². The first-order chi connectivity index (χ1) is 6.43. The second kappa shape index (κ2) is 4.59. The van der Waals surface area contributed by atoms with Gasteiger partial charge in [-0.3, -0.25) is 0 Å². The van der Waals surface area contributed by atoms with Gasteiger partial charge in [-0.2, -0.15) is 0 Å². The molecule has 0 amide bonds. The molecule has 1 atom stereocenters. The minimum atomic E-state index is -1.45. The third-order valence-electron chi connectivity index (χ3n) is 1.84. The molecule has 1 unspecified atom stereocenters. The molecule has 14 heavy (non-hydrogen) atoms. The summed E-state index contributed by atoms with van der Waals surface area (Å²) in [6, 6.07) is 3.46. The maximum absolute atomic E-state index is 10.6. The average Bonchev–Trinajstić information content (AvgIpc) is 2.10. The largest absolute Gasteiger partial charge is 0.479 e. The molecule has 1 aromatic carbocycles. The maximum atomic E-state index is 10.6. The fourth-order valence-electron chi connectivity index (χ4n) is 1.09. The van der Waals surface area contributed by atoms with Crippen LogP contribution in [0.15, 0.2) is 16.6 Å². The zero-order valence-corrected chi connectivity index (χ0v) is 11.0. The first-order valence-electron chi connectivity index (χ1n) is 3.80. The molecule has 0 fully saturated rings. The first kappa shape index (κ1) is 11.9. The maximum Gasteiger partial charge on any atom is 0.337 e. The molecule has 76 valence electrons. The van der Waals surface area contributed by atoms with Crippen molar-refractivity contribution in [3.8, 4) is 0 Å². The van der Waals surface area contributed by atoms with Crippen LogP contribution >= 0.6 is 38.5 Å². The Morgan fingerprint density at radius 1 is 1.57 bits per heavy atom. The predicted octanol–water partition coefficient (Wildman–Crippen LogP) is 2.48. The number of aliphatic hydroxyl groups excluding tert-OH is 1. The molecule has 0 aliphatic heterocycles. The van der Waals surface area contributed by atoms with E-state index in [-0.39, 0.29) is 0 Å². The number of rotatable bonds is 2. The summed E-state index contributed by atoms with van der Waals surface area (Å²) >= 11 is 5.40.